The van der Waals surface area contributed by atoms with Gasteiger partial charge in [-0.3, -0.25) is 4.98 Å². The Morgan fingerprint density at radius 2 is 1.89 bits per heavy atom. The lowest BCUT2D eigenvalue weighted by Gasteiger charge is -2.06. The van der Waals surface area contributed by atoms with E-state index >= 15 is 0 Å². The molecule has 0 bridgehead atoms. The van der Waals surface area contributed by atoms with Crippen LogP contribution >= 0.6 is 0 Å². The fraction of sp³-hybridized carbons (Fsp3) is 0.150. The molecule has 3 aromatic heterocycles. The minimum Gasteiger partial charge on any atom is -0.495 e. The second kappa shape index (κ2) is 7.33. The third-order valence-corrected chi connectivity index (χ3v) is 4.05. The number of methoxy groups -OCH3 is 1. The largest absolute Gasteiger partial charge is 0.495 e. The van der Waals surface area contributed by atoms with Crippen molar-refractivity contribution in [3.05, 3.63) is 60.6 Å². The monoisotopic (exact) mass is 362 g/mol. The lowest BCUT2D eigenvalue weighted by Crippen LogP contribution is -1.98. The number of fused-ring (bicyclic) bond motifs is 1. The van der Waals surface area contributed by atoms with Crippen molar-refractivity contribution in [2.75, 3.05) is 19.5 Å². The van der Waals surface area contributed by atoms with E-state index in [1.807, 2.05) is 49.5 Å². The molecule has 0 amide bonds. The fourth-order valence-corrected chi connectivity index (χ4v) is 2.56. The molecule has 0 radical (unpaired) electrons. The van der Waals surface area contributed by atoms with Gasteiger partial charge in [0, 0.05) is 19.3 Å². The Hall–Kier alpha value is -3.61. The lowest BCUT2D eigenvalue weighted by atomic mass is 10.3. The summed E-state index contributed by atoms with van der Waals surface area (Å²) in [5.74, 6) is 2.72. The first-order valence-corrected chi connectivity index (χ1v) is 8.41. The average molecular weight is 362 g/mol. The van der Waals surface area contributed by atoms with Gasteiger partial charge in [0.25, 0.3) is 0 Å². The summed E-state index contributed by atoms with van der Waals surface area (Å²) in [5, 5.41) is 2.98. The summed E-state index contributed by atoms with van der Waals surface area (Å²) in [4.78, 5) is 13.1. The molecule has 136 valence electrons. The van der Waals surface area contributed by atoms with Crippen LogP contribution < -0.4 is 14.8 Å². The van der Waals surface area contributed by atoms with Gasteiger partial charge < -0.3 is 19.2 Å². The summed E-state index contributed by atoms with van der Waals surface area (Å²) in [7, 11) is 3.43. The number of hydrogen-bond acceptors (Lipinski definition) is 7. The maximum absolute atomic E-state index is 5.82. The van der Waals surface area contributed by atoms with Gasteiger partial charge in [-0.25, -0.2) is 9.97 Å². The molecule has 0 saturated carbocycles. The third-order valence-electron chi connectivity index (χ3n) is 4.05. The topological polar surface area (TPSA) is 82.3 Å². The Kier molecular flexibility index (Phi) is 4.57. The van der Waals surface area contributed by atoms with Crippen molar-refractivity contribution >= 4 is 16.9 Å². The zero-order valence-electron chi connectivity index (χ0n) is 15.0. The number of pyridine rings is 2. The smallest absolute Gasteiger partial charge is 0.228 e. The van der Waals surface area contributed by atoms with Crippen molar-refractivity contribution < 1.29 is 13.9 Å². The van der Waals surface area contributed by atoms with Crippen molar-refractivity contribution in [2.24, 2.45) is 0 Å². The van der Waals surface area contributed by atoms with Gasteiger partial charge >= 0.3 is 0 Å². The molecule has 0 fully saturated rings. The third kappa shape index (κ3) is 3.67. The number of aromatic nitrogens is 3. The summed E-state index contributed by atoms with van der Waals surface area (Å²) >= 11 is 0. The molecular formula is C20H18N4O3. The predicted molar refractivity (Wildman–Crippen MR) is 102 cm³/mol. The molecule has 0 aliphatic rings. The molecule has 0 atom stereocenters. The minimum atomic E-state index is 0.357. The van der Waals surface area contributed by atoms with E-state index in [2.05, 4.69) is 20.3 Å². The minimum absolute atomic E-state index is 0.357. The summed E-state index contributed by atoms with van der Waals surface area (Å²) < 4.78 is 16.7. The molecule has 1 aromatic carbocycles. The second-order valence-electron chi connectivity index (χ2n) is 5.81. The van der Waals surface area contributed by atoms with Crippen LogP contribution in [0.4, 0.5) is 5.82 Å². The van der Waals surface area contributed by atoms with E-state index in [1.54, 1.807) is 19.5 Å². The fourth-order valence-electron chi connectivity index (χ4n) is 2.56. The first-order valence-electron chi connectivity index (χ1n) is 8.41. The Labute approximate surface area is 156 Å². The van der Waals surface area contributed by atoms with Crippen molar-refractivity contribution in [1.29, 1.82) is 0 Å². The number of anilines is 1. The highest BCUT2D eigenvalue weighted by molar-refractivity contribution is 5.77. The van der Waals surface area contributed by atoms with E-state index in [-0.39, 0.29) is 0 Å². The maximum Gasteiger partial charge on any atom is 0.228 e. The van der Waals surface area contributed by atoms with Crippen LogP contribution in [-0.4, -0.2) is 29.1 Å². The Bertz CT molecular complexity index is 1040. The van der Waals surface area contributed by atoms with Gasteiger partial charge in [0.1, 0.15) is 29.4 Å². The summed E-state index contributed by atoms with van der Waals surface area (Å²) in [5.41, 5.74) is 3.04. The number of nitrogens with zero attached hydrogens (tertiary/aromatic N) is 3. The van der Waals surface area contributed by atoms with Crippen LogP contribution in [0.1, 0.15) is 5.69 Å². The number of benzene rings is 1. The van der Waals surface area contributed by atoms with Gasteiger partial charge in [-0.1, -0.05) is 0 Å². The van der Waals surface area contributed by atoms with Gasteiger partial charge in [-0.15, -0.1) is 0 Å². The standard InChI is InChI=1S/C20H18N4O3/c1-21-19-8-3-13(10-23-19)20-24-17-9-15(6-7-18(17)27-20)26-12-14-4-5-16(25-2)11-22-14/h3-11H,12H2,1-2H3,(H,21,23). The van der Waals surface area contributed by atoms with E-state index in [0.717, 1.165) is 22.6 Å². The van der Waals surface area contributed by atoms with Crippen molar-refractivity contribution in [2.45, 2.75) is 6.61 Å². The first kappa shape index (κ1) is 16.8. The van der Waals surface area contributed by atoms with Gasteiger partial charge in [-0.2, -0.15) is 0 Å². The summed E-state index contributed by atoms with van der Waals surface area (Å²) in [6.45, 7) is 0.357. The van der Waals surface area contributed by atoms with Gasteiger partial charge in [-0.05, 0) is 36.4 Å². The molecule has 4 aromatic rings. The highest BCUT2D eigenvalue weighted by Crippen LogP contribution is 2.27. The van der Waals surface area contributed by atoms with Crippen LogP contribution in [0, 0.1) is 0 Å². The molecule has 1 N–H and O–H groups in total. The van der Waals surface area contributed by atoms with Crippen molar-refractivity contribution in [3.8, 4) is 23.0 Å². The highest BCUT2D eigenvalue weighted by atomic mass is 16.5. The van der Waals surface area contributed by atoms with E-state index in [4.69, 9.17) is 13.9 Å². The van der Waals surface area contributed by atoms with Crippen LogP contribution in [0.25, 0.3) is 22.6 Å². The predicted octanol–water partition coefficient (Wildman–Crippen LogP) is 3.91. The molecule has 0 unspecified atom stereocenters. The summed E-state index contributed by atoms with van der Waals surface area (Å²) in [6.07, 6.45) is 3.39. The second-order valence-corrected chi connectivity index (χ2v) is 5.81. The van der Waals surface area contributed by atoms with E-state index < -0.39 is 0 Å². The number of oxazole rings is 1. The van der Waals surface area contributed by atoms with Crippen molar-refractivity contribution in [3.63, 3.8) is 0 Å². The zero-order valence-corrected chi connectivity index (χ0v) is 15.0. The molecule has 4 rings (SSSR count). The molecule has 0 aliphatic heterocycles. The number of nitrogens with one attached hydrogen (secondary N) is 1. The SMILES string of the molecule is CNc1ccc(-c2nc3cc(OCc4ccc(OC)cn4)ccc3o2)cn1. The first-order chi connectivity index (χ1) is 13.2. The van der Waals surface area contributed by atoms with Crippen molar-refractivity contribution in [1.82, 2.24) is 15.0 Å². The molecule has 7 nitrogen and oxygen atoms in total. The molecule has 0 spiro atoms. The van der Waals surface area contributed by atoms with Crippen LogP contribution in [0.15, 0.2) is 59.3 Å². The van der Waals surface area contributed by atoms with Crippen LogP contribution in [0.3, 0.4) is 0 Å². The summed E-state index contributed by atoms with van der Waals surface area (Å²) in [6, 6.07) is 13.1. The zero-order chi connectivity index (χ0) is 18.6. The number of ether oxygens (including phenoxy) is 2. The van der Waals surface area contributed by atoms with Gasteiger partial charge in [0.15, 0.2) is 5.58 Å². The molecule has 0 saturated heterocycles. The Balaban J connectivity index is 1.51. The Morgan fingerprint density at radius 3 is 2.59 bits per heavy atom. The number of hydrogen-bond donors (Lipinski definition) is 1. The molecule has 0 aliphatic carbocycles. The van der Waals surface area contributed by atoms with E-state index in [0.29, 0.717) is 29.6 Å². The van der Waals surface area contributed by atoms with Crippen LogP contribution in [0.5, 0.6) is 11.5 Å². The van der Waals surface area contributed by atoms with Crippen LogP contribution in [-0.2, 0) is 6.61 Å². The molecule has 27 heavy (non-hydrogen) atoms. The normalized spacial score (nSPS) is 10.7. The Morgan fingerprint density at radius 1 is 1.00 bits per heavy atom. The molecule has 7 heteroatoms. The quantitative estimate of drug-likeness (QED) is 0.557. The van der Waals surface area contributed by atoms with E-state index in [9.17, 15) is 0 Å². The lowest BCUT2D eigenvalue weighted by molar-refractivity contribution is 0.301. The molecule has 3 heterocycles. The van der Waals surface area contributed by atoms with Gasteiger partial charge in [0.05, 0.1) is 24.6 Å². The highest BCUT2D eigenvalue weighted by Gasteiger charge is 2.10. The number of rotatable bonds is 6. The average Bonchev–Trinajstić information content (AvgIpc) is 3.16. The maximum atomic E-state index is 5.82. The van der Waals surface area contributed by atoms with E-state index in [1.165, 1.54) is 0 Å². The van der Waals surface area contributed by atoms with Gasteiger partial charge in [0.2, 0.25) is 5.89 Å². The molecular weight excluding hydrogens is 344 g/mol. The van der Waals surface area contributed by atoms with Crippen LogP contribution in [0.2, 0.25) is 0 Å².